The van der Waals surface area contributed by atoms with Crippen molar-refractivity contribution in [3.8, 4) is 11.8 Å². The van der Waals surface area contributed by atoms with Gasteiger partial charge in [-0.05, 0) is 24.6 Å². The summed E-state index contributed by atoms with van der Waals surface area (Å²) in [7, 11) is 1.16. The summed E-state index contributed by atoms with van der Waals surface area (Å²) >= 11 is 0. The summed E-state index contributed by atoms with van der Waals surface area (Å²) in [6.07, 6.45) is -5.01. The monoisotopic (exact) mass is 287 g/mol. The number of halogens is 3. The molecule has 0 unspecified atom stereocenters. The van der Waals surface area contributed by atoms with Crippen molar-refractivity contribution in [1.82, 2.24) is 0 Å². The van der Waals surface area contributed by atoms with Crippen LogP contribution in [0, 0.1) is 11.3 Å². The Morgan fingerprint density at radius 1 is 1.40 bits per heavy atom. The van der Waals surface area contributed by atoms with Crippen LogP contribution in [0.1, 0.15) is 23.6 Å². The van der Waals surface area contributed by atoms with E-state index in [9.17, 15) is 18.0 Å². The molecule has 1 aromatic rings. The van der Waals surface area contributed by atoms with Crippen molar-refractivity contribution in [2.45, 2.75) is 19.5 Å². The number of benzene rings is 1. The molecule has 0 saturated heterocycles. The van der Waals surface area contributed by atoms with E-state index in [0.29, 0.717) is 0 Å². The maximum Gasteiger partial charge on any atom is 0.416 e. The molecule has 0 aliphatic rings. The molecular weight excluding hydrogens is 275 g/mol. The molecule has 0 aromatic heterocycles. The molecule has 0 saturated carbocycles. The first-order valence-electron chi connectivity index (χ1n) is 5.67. The number of hydrogen-bond acceptors (Lipinski definition) is 4. The summed E-state index contributed by atoms with van der Waals surface area (Å²) < 4.78 is 47.7. The van der Waals surface area contributed by atoms with E-state index < -0.39 is 24.1 Å². The molecule has 7 heteroatoms. The van der Waals surface area contributed by atoms with Crippen LogP contribution in [0.15, 0.2) is 12.1 Å². The highest BCUT2D eigenvalue weighted by Crippen LogP contribution is 2.35. The number of nitrogens with zero attached hydrogens (tertiary/aromatic N) is 1. The lowest BCUT2D eigenvalue weighted by atomic mass is 10.0. The smallest absolute Gasteiger partial charge is 0.416 e. The molecule has 1 aromatic carbocycles. The van der Waals surface area contributed by atoms with Gasteiger partial charge in [0.05, 0.1) is 31.3 Å². The van der Waals surface area contributed by atoms with Gasteiger partial charge in [0, 0.05) is 0 Å². The molecule has 1 rings (SSSR count). The van der Waals surface area contributed by atoms with Gasteiger partial charge in [-0.2, -0.15) is 18.4 Å². The van der Waals surface area contributed by atoms with Crippen molar-refractivity contribution in [3.63, 3.8) is 0 Å². The summed E-state index contributed by atoms with van der Waals surface area (Å²) in [5.74, 6) is -0.924. The van der Waals surface area contributed by atoms with E-state index in [1.165, 1.54) is 0 Å². The van der Waals surface area contributed by atoms with Crippen LogP contribution in [0.25, 0.3) is 0 Å². The number of hydrogen-bond donors (Lipinski definition) is 0. The van der Waals surface area contributed by atoms with Gasteiger partial charge in [-0.1, -0.05) is 0 Å². The second kappa shape index (κ2) is 6.28. The lowest BCUT2D eigenvalue weighted by molar-refractivity contribution is -0.142. The predicted octanol–water partition coefficient (Wildman–Crippen LogP) is 2.69. The Morgan fingerprint density at radius 2 is 2.05 bits per heavy atom. The van der Waals surface area contributed by atoms with Gasteiger partial charge >= 0.3 is 12.1 Å². The third-order valence-corrected chi connectivity index (χ3v) is 2.48. The average molecular weight is 287 g/mol. The lowest BCUT2D eigenvalue weighted by Gasteiger charge is -2.13. The number of carbonyl (C=O) groups is 1. The van der Waals surface area contributed by atoms with E-state index in [4.69, 9.17) is 10.00 Å². The maximum atomic E-state index is 12.8. The first-order valence-corrected chi connectivity index (χ1v) is 5.67. The van der Waals surface area contributed by atoms with Gasteiger partial charge in [-0.25, -0.2) is 0 Å². The van der Waals surface area contributed by atoms with E-state index in [0.717, 1.165) is 19.2 Å². The van der Waals surface area contributed by atoms with Gasteiger partial charge in [0.2, 0.25) is 0 Å². The van der Waals surface area contributed by atoms with Gasteiger partial charge < -0.3 is 9.47 Å². The Morgan fingerprint density at radius 3 is 2.50 bits per heavy atom. The minimum absolute atomic E-state index is 0.0716. The Hall–Kier alpha value is -2.23. The molecule has 0 N–H and O–H groups in total. The quantitative estimate of drug-likeness (QED) is 0.799. The van der Waals surface area contributed by atoms with Crippen LogP contribution in [0.4, 0.5) is 13.2 Å². The number of methoxy groups -OCH3 is 1. The predicted molar refractivity (Wildman–Crippen MR) is 63.0 cm³/mol. The third-order valence-electron chi connectivity index (χ3n) is 2.48. The van der Waals surface area contributed by atoms with Crippen LogP contribution < -0.4 is 4.74 Å². The first kappa shape index (κ1) is 15.8. The van der Waals surface area contributed by atoms with Gasteiger partial charge in [0.25, 0.3) is 0 Å². The number of ether oxygens (including phenoxy) is 2. The van der Waals surface area contributed by atoms with E-state index in [1.807, 2.05) is 0 Å². The fourth-order valence-electron chi connectivity index (χ4n) is 1.63. The Balaban J connectivity index is 3.32. The molecule has 20 heavy (non-hydrogen) atoms. The minimum Gasteiger partial charge on any atom is -0.495 e. The number of nitriles is 1. The molecule has 0 amide bonds. The topological polar surface area (TPSA) is 59.3 Å². The average Bonchev–Trinajstić information content (AvgIpc) is 2.36. The van der Waals surface area contributed by atoms with E-state index in [1.54, 1.807) is 13.0 Å². The van der Waals surface area contributed by atoms with Crippen molar-refractivity contribution in [2.75, 3.05) is 13.7 Å². The normalized spacial score (nSPS) is 10.8. The first-order chi connectivity index (χ1) is 9.33. The van der Waals surface area contributed by atoms with E-state index >= 15 is 0 Å². The Labute approximate surface area is 113 Å². The molecule has 0 bridgehead atoms. The molecule has 0 fully saturated rings. The summed E-state index contributed by atoms with van der Waals surface area (Å²) in [6.45, 7) is 1.69. The molecule has 0 heterocycles. The van der Waals surface area contributed by atoms with Crippen molar-refractivity contribution in [3.05, 3.63) is 28.8 Å². The fraction of sp³-hybridized carbons (Fsp3) is 0.385. The second-order valence-electron chi connectivity index (χ2n) is 3.80. The van der Waals surface area contributed by atoms with Crippen molar-refractivity contribution in [1.29, 1.82) is 5.26 Å². The SMILES string of the molecule is CCOC(=O)Cc1cc(C(F)(F)F)cc(OC)c1C#N. The molecule has 0 aliphatic heterocycles. The fourth-order valence-corrected chi connectivity index (χ4v) is 1.63. The van der Waals surface area contributed by atoms with Crippen molar-refractivity contribution >= 4 is 5.97 Å². The number of carbonyl (C=O) groups excluding carboxylic acids is 1. The number of alkyl halides is 3. The van der Waals surface area contributed by atoms with Crippen LogP contribution in [0.3, 0.4) is 0 Å². The summed E-state index contributed by atoms with van der Waals surface area (Å²) in [5, 5.41) is 9.00. The highest BCUT2D eigenvalue weighted by atomic mass is 19.4. The largest absolute Gasteiger partial charge is 0.495 e. The van der Waals surface area contributed by atoms with Gasteiger partial charge in [0.15, 0.2) is 0 Å². The zero-order valence-corrected chi connectivity index (χ0v) is 10.9. The highest BCUT2D eigenvalue weighted by molar-refractivity contribution is 5.74. The summed E-state index contributed by atoms with van der Waals surface area (Å²) in [4.78, 5) is 11.4. The van der Waals surface area contributed by atoms with E-state index in [-0.39, 0.29) is 23.5 Å². The maximum absolute atomic E-state index is 12.8. The van der Waals surface area contributed by atoms with Gasteiger partial charge in [0.1, 0.15) is 11.8 Å². The van der Waals surface area contributed by atoms with Gasteiger partial charge in [-0.3, -0.25) is 4.79 Å². The molecule has 0 aliphatic carbocycles. The molecule has 4 nitrogen and oxygen atoms in total. The Bertz CT molecular complexity index is 547. The minimum atomic E-state index is -4.59. The molecule has 0 spiro atoms. The molecule has 108 valence electrons. The van der Waals surface area contributed by atoms with Crippen LogP contribution in [-0.2, 0) is 22.1 Å². The number of rotatable bonds is 4. The summed E-state index contributed by atoms with van der Waals surface area (Å²) in [5.41, 5.74) is -1.15. The van der Waals surface area contributed by atoms with E-state index in [2.05, 4.69) is 4.74 Å². The molecular formula is C13H12F3NO3. The zero-order chi connectivity index (χ0) is 15.3. The zero-order valence-electron chi connectivity index (χ0n) is 10.9. The summed E-state index contributed by atoms with van der Waals surface area (Å²) in [6, 6.07) is 3.23. The van der Waals surface area contributed by atoms with Crippen molar-refractivity contribution in [2.24, 2.45) is 0 Å². The van der Waals surface area contributed by atoms with Crippen LogP contribution in [0.5, 0.6) is 5.75 Å². The Kier molecular flexibility index (Phi) is 4.97. The highest BCUT2D eigenvalue weighted by Gasteiger charge is 2.32. The van der Waals surface area contributed by atoms with Crippen LogP contribution >= 0.6 is 0 Å². The van der Waals surface area contributed by atoms with Crippen LogP contribution in [0.2, 0.25) is 0 Å². The van der Waals surface area contributed by atoms with Crippen LogP contribution in [-0.4, -0.2) is 19.7 Å². The molecule has 0 atom stereocenters. The third kappa shape index (κ3) is 3.63. The number of esters is 1. The lowest BCUT2D eigenvalue weighted by Crippen LogP contribution is -2.12. The van der Waals surface area contributed by atoms with Gasteiger partial charge in [-0.15, -0.1) is 0 Å². The standard InChI is InChI=1S/C13H12F3NO3/c1-3-20-12(18)5-8-4-9(13(14,15)16)6-11(19-2)10(8)7-17/h4,6H,3,5H2,1-2H3. The second-order valence-corrected chi connectivity index (χ2v) is 3.80. The molecule has 0 radical (unpaired) electrons. The van der Waals surface area contributed by atoms with Crippen molar-refractivity contribution < 1.29 is 27.4 Å².